The van der Waals surface area contributed by atoms with Crippen LogP contribution in [0.25, 0.3) is 0 Å². The molecule has 1 saturated heterocycles. The van der Waals surface area contributed by atoms with Crippen molar-refractivity contribution in [2.45, 2.75) is 35.5 Å². The lowest BCUT2D eigenvalue weighted by atomic mass is 10.1. The van der Waals surface area contributed by atoms with E-state index in [0.29, 0.717) is 6.42 Å². The molecule has 9 heteroatoms. The Bertz CT molecular complexity index is 1080. The lowest BCUT2D eigenvalue weighted by molar-refractivity contribution is 0.252. The number of anilines is 1. The first-order valence-electron chi connectivity index (χ1n) is 10.5. The van der Waals surface area contributed by atoms with Crippen molar-refractivity contribution in [2.24, 2.45) is 5.14 Å². The summed E-state index contributed by atoms with van der Waals surface area (Å²) in [5.74, 6) is 0. The van der Waals surface area contributed by atoms with Crippen molar-refractivity contribution in [1.82, 2.24) is 4.90 Å². The minimum atomic E-state index is -4.10. The minimum absolute atomic E-state index is 0.242. The Hall–Kier alpha value is -1.94. The van der Waals surface area contributed by atoms with Gasteiger partial charge in [-0.2, -0.15) is 0 Å². The van der Waals surface area contributed by atoms with Gasteiger partial charge in [-0.1, -0.05) is 30.7 Å². The van der Waals surface area contributed by atoms with Crippen molar-refractivity contribution in [3.8, 4) is 0 Å². The van der Waals surface area contributed by atoms with Crippen LogP contribution in [0.4, 0.5) is 5.69 Å². The quantitative estimate of drug-likeness (QED) is 0.570. The van der Waals surface area contributed by atoms with Crippen molar-refractivity contribution >= 4 is 25.5 Å². The molecule has 0 aliphatic carbocycles. The number of sulfonamides is 1. The van der Waals surface area contributed by atoms with E-state index in [-0.39, 0.29) is 9.79 Å². The van der Waals surface area contributed by atoms with Gasteiger partial charge in [0.05, 0.1) is 4.90 Å². The number of rotatable bonds is 9. The number of hydrogen-bond donors (Lipinski definition) is 1. The summed E-state index contributed by atoms with van der Waals surface area (Å²) in [6.45, 7) is 5.23. The van der Waals surface area contributed by atoms with Gasteiger partial charge < -0.3 is 4.90 Å². The highest BCUT2D eigenvalue weighted by molar-refractivity contribution is 7.93. The molecule has 1 fully saturated rings. The highest BCUT2D eigenvalue weighted by atomic mass is 32.2. The van der Waals surface area contributed by atoms with Crippen molar-refractivity contribution in [3.05, 3.63) is 54.1 Å². The van der Waals surface area contributed by atoms with Crippen LogP contribution in [-0.2, 0) is 26.3 Å². The van der Waals surface area contributed by atoms with E-state index in [2.05, 4.69) is 34.1 Å². The Kier molecular flexibility index (Phi) is 7.74. The Balaban J connectivity index is 1.43. The van der Waals surface area contributed by atoms with Crippen molar-refractivity contribution in [2.75, 3.05) is 43.9 Å². The van der Waals surface area contributed by atoms with E-state index in [1.165, 1.54) is 17.8 Å². The monoisotopic (exact) mass is 465 g/mol. The number of benzene rings is 2. The van der Waals surface area contributed by atoms with Crippen LogP contribution in [-0.4, -0.2) is 60.7 Å². The van der Waals surface area contributed by atoms with E-state index < -0.39 is 19.9 Å². The molecule has 1 heterocycles. The zero-order chi connectivity index (χ0) is 22.5. The molecule has 2 aromatic rings. The van der Waals surface area contributed by atoms with Gasteiger partial charge in [-0.25, -0.2) is 22.0 Å². The van der Waals surface area contributed by atoms with Crippen LogP contribution in [0.5, 0.6) is 0 Å². The van der Waals surface area contributed by atoms with E-state index in [0.717, 1.165) is 63.8 Å². The number of para-hydroxylation sites is 1. The van der Waals surface area contributed by atoms with Gasteiger partial charge in [0.25, 0.3) is 0 Å². The summed E-state index contributed by atoms with van der Waals surface area (Å²) in [5.41, 5.74) is 2.07. The van der Waals surface area contributed by atoms with Crippen molar-refractivity contribution < 1.29 is 16.8 Å². The molecule has 2 N–H and O–H groups in total. The Morgan fingerprint density at radius 1 is 0.839 bits per heavy atom. The number of unbranched alkanes of at least 4 members (excludes halogenated alkanes) is 2. The molecule has 0 atom stereocenters. The fourth-order valence-corrected chi connectivity index (χ4v) is 6.15. The molecule has 0 unspecified atom stereocenters. The summed E-state index contributed by atoms with van der Waals surface area (Å²) < 4.78 is 47.3. The van der Waals surface area contributed by atoms with E-state index in [1.807, 2.05) is 6.07 Å². The SMILES string of the molecule is CS(=O)(=O)c1ccc(CCCCCN2CCN(c3ccccc3)CC2)cc1S(N)(=O)=O. The number of hydrogen-bond acceptors (Lipinski definition) is 6. The molecule has 1 aliphatic rings. The molecule has 0 bridgehead atoms. The number of aryl methyl sites for hydroxylation is 1. The maximum Gasteiger partial charge on any atom is 0.239 e. The van der Waals surface area contributed by atoms with Crippen LogP contribution >= 0.6 is 0 Å². The van der Waals surface area contributed by atoms with Gasteiger partial charge in [0.2, 0.25) is 10.0 Å². The summed E-state index contributed by atoms with van der Waals surface area (Å²) in [5, 5.41) is 5.23. The zero-order valence-corrected chi connectivity index (χ0v) is 19.5. The highest BCUT2D eigenvalue weighted by Gasteiger charge is 2.21. The maximum absolute atomic E-state index is 11.8. The average molecular weight is 466 g/mol. The smallest absolute Gasteiger partial charge is 0.239 e. The van der Waals surface area contributed by atoms with E-state index >= 15 is 0 Å². The molecule has 31 heavy (non-hydrogen) atoms. The second-order valence-electron chi connectivity index (χ2n) is 8.07. The molecule has 0 spiro atoms. The fourth-order valence-electron chi connectivity index (χ4n) is 3.95. The van der Waals surface area contributed by atoms with E-state index in [9.17, 15) is 16.8 Å². The normalized spacial score (nSPS) is 15.9. The van der Waals surface area contributed by atoms with Crippen molar-refractivity contribution in [1.29, 1.82) is 0 Å². The molecule has 0 aromatic heterocycles. The van der Waals surface area contributed by atoms with Crippen molar-refractivity contribution in [3.63, 3.8) is 0 Å². The molecule has 1 aliphatic heterocycles. The standard InChI is InChI=1S/C22H31N3O4S2/c1-30(26,27)21-12-11-19(18-22(21)31(23,28)29)8-4-3-7-13-24-14-16-25(17-15-24)20-9-5-2-6-10-20/h2,5-6,9-12,18H,3-4,7-8,13-17H2,1H3,(H2,23,28,29). The first kappa shape index (κ1) is 23.7. The first-order chi connectivity index (χ1) is 14.6. The van der Waals surface area contributed by atoms with Crippen LogP contribution in [0, 0.1) is 0 Å². The van der Waals surface area contributed by atoms with Gasteiger partial charge in [0.1, 0.15) is 4.90 Å². The average Bonchev–Trinajstić information content (AvgIpc) is 2.73. The molecular formula is C22H31N3O4S2. The second kappa shape index (κ2) is 10.1. The van der Waals surface area contributed by atoms with Gasteiger partial charge in [0.15, 0.2) is 9.84 Å². The number of primary sulfonamides is 1. The molecule has 2 aromatic carbocycles. The molecule has 0 amide bonds. The van der Waals surface area contributed by atoms with Crippen LogP contribution in [0.15, 0.2) is 58.3 Å². The van der Waals surface area contributed by atoms with Gasteiger partial charge >= 0.3 is 0 Å². The fraction of sp³-hybridized carbons (Fsp3) is 0.455. The number of sulfone groups is 1. The van der Waals surface area contributed by atoms with Crippen LogP contribution < -0.4 is 10.0 Å². The van der Waals surface area contributed by atoms with Crippen LogP contribution in [0.2, 0.25) is 0 Å². The third kappa shape index (κ3) is 6.77. The largest absolute Gasteiger partial charge is 0.369 e. The summed E-state index contributed by atoms with van der Waals surface area (Å²) in [6.07, 6.45) is 4.68. The molecular weight excluding hydrogens is 434 g/mol. The minimum Gasteiger partial charge on any atom is -0.369 e. The Labute approximate surface area is 185 Å². The lowest BCUT2D eigenvalue weighted by Crippen LogP contribution is -2.46. The third-order valence-electron chi connectivity index (χ3n) is 5.65. The van der Waals surface area contributed by atoms with Gasteiger partial charge in [0, 0.05) is 38.1 Å². The summed E-state index contributed by atoms with van der Waals surface area (Å²) in [7, 11) is -7.77. The topological polar surface area (TPSA) is 101 Å². The van der Waals surface area contributed by atoms with Gasteiger partial charge in [-0.05, 0) is 55.6 Å². The van der Waals surface area contributed by atoms with E-state index in [4.69, 9.17) is 5.14 Å². The predicted molar refractivity (Wildman–Crippen MR) is 124 cm³/mol. The summed E-state index contributed by atoms with van der Waals surface area (Å²) in [4.78, 5) is 4.34. The third-order valence-corrected chi connectivity index (χ3v) is 7.88. The Morgan fingerprint density at radius 3 is 2.13 bits per heavy atom. The van der Waals surface area contributed by atoms with Gasteiger partial charge in [-0.3, -0.25) is 4.90 Å². The molecule has 3 rings (SSSR count). The summed E-state index contributed by atoms with van der Waals surface area (Å²) >= 11 is 0. The molecule has 0 saturated carbocycles. The number of nitrogens with two attached hydrogens (primary N) is 1. The number of piperazine rings is 1. The molecule has 170 valence electrons. The molecule has 7 nitrogen and oxygen atoms in total. The first-order valence-corrected chi connectivity index (χ1v) is 14.0. The molecule has 0 radical (unpaired) electrons. The summed E-state index contributed by atoms with van der Waals surface area (Å²) in [6, 6.07) is 14.9. The predicted octanol–water partition coefficient (Wildman–Crippen LogP) is 2.27. The highest BCUT2D eigenvalue weighted by Crippen LogP contribution is 2.22. The van der Waals surface area contributed by atoms with Crippen LogP contribution in [0.1, 0.15) is 24.8 Å². The van der Waals surface area contributed by atoms with Gasteiger partial charge in [-0.15, -0.1) is 0 Å². The number of nitrogens with zero attached hydrogens (tertiary/aromatic N) is 2. The zero-order valence-electron chi connectivity index (χ0n) is 17.9. The maximum atomic E-state index is 11.8. The lowest BCUT2D eigenvalue weighted by Gasteiger charge is -2.36. The second-order valence-corrected chi connectivity index (χ2v) is 11.6. The van der Waals surface area contributed by atoms with Crippen LogP contribution in [0.3, 0.4) is 0 Å². The van der Waals surface area contributed by atoms with E-state index in [1.54, 1.807) is 6.07 Å². The Morgan fingerprint density at radius 2 is 1.52 bits per heavy atom.